The van der Waals surface area contributed by atoms with E-state index in [0.717, 1.165) is 35.5 Å². The molecule has 5 nitrogen and oxygen atoms in total. The van der Waals surface area contributed by atoms with Crippen molar-refractivity contribution in [2.45, 2.75) is 38.0 Å². The van der Waals surface area contributed by atoms with Crippen molar-refractivity contribution in [3.05, 3.63) is 71.1 Å². The van der Waals surface area contributed by atoms with Gasteiger partial charge in [0, 0.05) is 24.5 Å². The second-order valence-corrected chi connectivity index (χ2v) is 8.64. The minimum absolute atomic E-state index is 0.0591. The first-order chi connectivity index (χ1) is 14.9. The van der Waals surface area contributed by atoms with Crippen molar-refractivity contribution in [2.75, 3.05) is 6.54 Å². The predicted molar refractivity (Wildman–Crippen MR) is 113 cm³/mol. The molecule has 1 saturated heterocycles. The van der Waals surface area contributed by atoms with Gasteiger partial charge in [0.15, 0.2) is 11.3 Å². The van der Waals surface area contributed by atoms with Crippen LogP contribution in [0.2, 0.25) is 0 Å². The van der Waals surface area contributed by atoms with Gasteiger partial charge in [-0.05, 0) is 61.5 Å². The Balaban J connectivity index is 1.57. The van der Waals surface area contributed by atoms with Gasteiger partial charge < -0.3 is 0 Å². The zero-order valence-electron chi connectivity index (χ0n) is 16.8. The van der Waals surface area contributed by atoms with Gasteiger partial charge in [-0.3, -0.25) is 9.88 Å². The van der Waals surface area contributed by atoms with Crippen molar-refractivity contribution in [1.29, 1.82) is 0 Å². The zero-order chi connectivity index (χ0) is 21.6. The van der Waals surface area contributed by atoms with E-state index in [1.807, 2.05) is 17.5 Å². The Morgan fingerprint density at radius 1 is 1.16 bits per heavy atom. The fourth-order valence-corrected chi connectivity index (χ4v) is 5.00. The number of halogens is 3. The van der Waals surface area contributed by atoms with Crippen LogP contribution in [0.1, 0.15) is 48.8 Å². The fourth-order valence-electron chi connectivity index (χ4n) is 4.31. The highest BCUT2D eigenvalue weighted by molar-refractivity contribution is 7.13. The van der Waals surface area contributed by atoms with E-state index in [2.05, 4.69) is 26.9 Å². The SMILES string of the molecule is C[C@H](c1ccncc1)N1CCC[C@@H]1c1cc2nc(-c3cccs3)cc(C(F)(F)F)n2n1. The molecule has 160 valence electrons. The van der Waals surface area contributed by atoms with Crippen molar-refractivity contribution < 1.29 is 13.2 Å². The Morgan fingerprint density at radius 3 is 2.68 bits per heavy atom. The van der Waals surface area contributed by atoms with Gasteiger partial charge in [-0.2, -0.15) is 18.3 Å². The van der Waals surface area contributed by atoms with Crippen LogP contribution in [-0.2, 0) is 6.18 Å². The second kappa shape index (κ2) is 7.72. The number of rotatable bonds is 4. The highest BCUT2D eigenvalue weighted by Crippen LogP contribution is 2.39. The molecular formula is C22H20F3N5S. The highest BCUT2D eigenvalue weighted by atomic mass is 32.1. The van der Waals surface area contributed by atoms with Crippen molar-refractivity contribution in [3.8, 4) is 10.6 Å². The topological polar surface area (TPSA) is 46.3 Å². The molecule has 5 heterocycles. The molecule has 1 aliphatic heterocycles. The quantitative estimate of drug-likeness (QED) is 0.402. The largest absolute Gasteiger partial charge is 0.433 e. The normalized spacial score (nSPS) is 18.6. The number of nitrogens with zero attached hydrogens (tertiary/aromatic N) is 5. The number of pyridine rings is 1. The molecule has 0 spiro atoms. The standard InChI is InChI=1S/C22H20F3N5S/c1-14(15-6-8-26-9-7-15)29-10-2-4-18(29)16-13-21-27-17(19-5-3-11-31-19)12-20(22(23,24)25)30(21)28-16/h3,5-9,11-14,18H,2,4,10H2,1H3/t14-,18-/m1/s1. The van der Waals surface area contributed by atoms with E-state index in [4.69, 9.17) is 0 Å². The minimum Gasteiger partial charge on any atom is -0.288 e. The van der Waals surface area contributed by atoms with Crippen molar-refractivity contribution >= 4 is 17.0 Å². The number of aromatic nitrogens is 4. The lowest BCUT2D eigenvalue weighted by atomic mass is 10.1. The summed E-state index contributed by atoms with van der Waals surface area (Å²) in [5.74, 6) is 0. The van der Waals surface area contributed by atoms with Crippen LogP contribution in [0.4, 0.5) is 13.2 Å². The highest BCUT2D eigenvalue weighted by Gasteiger charge is 2.37. The molecule has 1 aliphatic rings. The smallest absolute Gasteiger partial charge is 0.288 e. The molecule has 0 radical (unpaired) electrons. The van der Waals surface area contributed by atoms with Crippen LogP contribution >= 0.6 is 11.3 Å². The summed E-state index contributed by atoms with van der Waals surface area (Å²) in [6, 6.07) is 10.4. The lowest BCUT2D eigenvalue weighted by Crippen LogP contribution is -2.27. The average molecular weight is 443 g/mol. The summed E-state index contributed by atoms with van der Waals surface area (Å²) in [5.41, 5.74) is 1.48. The molecule has 9 heteroatoms. The molecular weight excluding hydrogens is 423 g/mol. The first kappa shape index (κ1) is 20.1. The molecule has 0 aliphatic carbocycles. The summed E-state index contributed by atoms with van der Waals surface area (Å²) in [4.78, 5) is 11.6. The fraction of sp³-hybridized carbons (Fsp3) is 0.318. The Bertz CT molecular complexity index is 1190. The summed E-state index contributed by atoms with van der Waals surface area (Å²) in [6.45, 7) is 2.97. The van der Waals surface area contributed by atoms with Crippen molar-refractivity contribution in [1.82, 2.24) is 24.5 Å². The number of hydrogen-bond acceptors (Lipinski definition) is 5. The van der Waals surface area contributed by atoms with Gasteiger partial charge in [-0.25, -0.2) is 9.50 Å². The maximum atomic E-state index is 13.9. The minimum atomic E-state index is -4.53. The molecule has 31 heavy (non-hydrogen) atoms. The zero-order valence-corrected chi connectivity index (χ0v) is 17.6. The predicted octanol–water partition coefficient (Wildman–Crippen LogP) is 5.77. The van der Waals surface area contributed by atoms with Crippen LogP contribution in [0.25, 0.3) is 16.2 Å². The summed E-state index contributed by atoms with van der Waals surface area (Å²) < 4.78 is 42.5. The van der Waals surface area contributed by atoms with Crippen LogP contribution in [-0.4, -0.2) is 31.0 Å². The molecule has 1 fully saturated rings. The number of alkyl halides is 3. The molecule has 4 aromatic heterocycles. The third-order valence-corrected chi connectivity index (χ3v) is 6.72. The van der Waals surface area contributed by atoms with E-state index in [1.165, 1.54) is 11.3 Å². The van der Waals surface area contributed by atoms with Crippen LogP contribution in [0.5, 0.6) is 0 Å². The molecule has 0 saturated carbocycles. The van der Waals surface area contributed by atoms with E-state index in [1.54, 1.807) is 30.6 Å². The Labute approximate surface area is 181 Å². The third kappa shape index (κ3) is 3.72. The Morgan fingerprint density at radius 2 is 1.97 bits per heavy atom. The molecule has 0 amide bonds. The molecule has 5 rings (SSSR count). The summed E-state index contributed by atoms with van der Waals surface area (Å²) in [7, 11) is 0. The maximum Gasteiger partial charge on any atom is 0.433 e. The average Bonchev–Trinajstić information content (AvgIpc) is 3.52. The molecule has 0 aromatic carbocycles. The van der Waals surface area contributed by atoms with Gasteiger partial charge in [0.05, 0.1) is 22.3 Å². The van der Waals surface area contributed by atoms with Crippen LogP contribution in [0.15, 0.2) is 54.2 Å². The van der Waals surface area contributed by atoms with Gasteiger partial charge in [0.1, 0.15) is 0 Å². The lowest BCUT2D eigenvalue weighted by molar-refractivity contribution is -0.142. The lowest BCUT2D eigenvalue weighted by Gasteiger charge is -2.30. The summed E-state index contributed by atoms with van der Waals surface area (Å²) in [6.07, 6.45) is 0.795. The molecule has 4 aromatic rings. The first-order valence-electron chi connectivity index (χ1n) is 10.1. The Kier molecular flexibility index (Phi) is 5.02. The molecule has 0 unspecified atom stereocenters. The third-order valence-electron chi connectivity index (χ3n) is 5.83. The van der Waals surface area contributed by atoms with E-state index in [9.17, 15) is 13.2 Å². The molecule has 2 atom stereocenters. The van der Waals surface area contributed by atoms with Gasteiger partial charge in [-0.1, -0.05) is 6.07 Å². The van der Waals surface area contributed by atoms with E-state index in [0.29, 0.717) is 16.3 Å². The van der Waals surface area contributed by atoms with Gasteiger partial charge in [0.2, 0.25) is 0 Å². The monoisotopic (exact) mass is 443 g/mol. The number of fused-ring (bicyclic) bond motifs is 1. The number of likely N-dealkylation sites (tertiary alicyclic amines) is 1. The van der Waals surface area contributed by atoms with Crippen molar-refractivity contribution in [2.24, 2.45) is 0 Å². The van der Waals surface area contributed by atoms with Crippen molar-refractivity contribution in [3.63, 3.8) is 0 Å². The van der Waals surface area contributed by atoms with Crippen LogP contribution < -0.4 is 0 Å². The summed E-state index contributed by atoms with van der Waals surface area (Å²) >= 11 is 1.37. The molecule has 0 bridgehead atoms. The van der Waals surface area contributed by atoms with Crippen LogP contribution in [0.3, 0.4) is 0 Å². The van der Waals surface area contributed by atoms with Gasteiger partial charge in [0.25, 0.3) is 0 Å². The van der Waals surface area contributed by atoms with Gasteiger partial charge >= 0.3 is 6.18 Å². The maximum absolute atomic E-state index is 13.9. The number of thiophene rings is 1. The van der Waals surface area contributed by atoms with E-state index >= 15 is 0 Å². The van der Waals surface area contributed by atoms with E-state index < -0.39 is 11.9 Å². The second-order valence-electron chi connectivity index (χ2n) is 7.69. The van der Waals surface area contributed by atoms with Gasteiger partial charge in [-0.15, -0.1) is 11.3 Å². The number of hydrogen-bond donors (Lipinski definition) is 0. The molecule has 0 N–H and O–H groups in total. The van der Waals surface area contributed by atoms with E-state index in [-0.39, 0.29) is 17.7 Å². The van der Waals surface area contributed by atoms with Crippen LogP contribution in [0, 0.1) is 0 Å². The summed E-state index contributed by atoms with van der Waals surface area (Å²) in [5, 5.41) is 6.22. The Hall–Kier alpha value is -2.78. The first-order valence-corrected chi connectivity index (χ1v) is 11.0.